The first-order chi connectivity index (χ1) is 17.2. The third kappa shape index (κ3) is 6.38. The summed E-state index contributed by atoms with van der Waals surface area (Å²) in [6.07, 6.45) is 1.86. The molecule has 3 aromatic rings. The lowest BCUT2D eigenvalue weighted by Crippen LogP contribution is -2.32. The second kappa shape index (κ2) is 12.0. The summed E-state index contributed by atoms with van der Waals surface area (Å²) in [7, 11) is 0. The lowest BCUT2D eigenvalue weighted by atomic mass is 10.1. The van der Waals surface area contributed by atoms with Gasteiger partial charge in [-0.1, -0.05) is 48.5 Å². The van der Waals surface area contributed by atoms with Crippen LogP contribution in [0.25, 0.3) is 6.08 Å². The van der Waals surface area contributed by atoms with E-state index in [1.54, 1.807) is 11.0 Å². The Hall–Kier alpha value is -3.86. The molecule has 3 aromatic carbocycles. The van der Waals surface area contributed by atoms with Crippen LogP contribution in [0.2, 0.25) is 0 Å². The zero-order chi connectivity index (χ0) is 24.5. The minimum absolute atomic E-state index is 0.0854. The topological polar surface area (TPSA) is 74.9 Å². The molecule has 1 saturated heterocycles. The molecule has 0 unspecified atom stereocenters. The molecule has 0 spiro atoms. The van der Waals surface area contributed by atoms with E-state index in [-0.39, 0.29) is 5.91 Å². The van der Waals surface area contributed by atoms with Gasteiger partial charge in [-0.25, -0.2) is 4.99 Å². The van der Waals surface area contributed by atoms with E-state index in [1.807, 2.05) is 85.8 Å². The van der Waals surface area contributed by atoms with Crippen LogP contribution in [-0.4, -0.2) is 35.7 Å². The monoisotopic (exact) mass is 483 g/mol. The number of hydrogen-bond acceptors (Lipinski definition) is 6. The number of ether oxygens (including phenoxy) is 2. The van der Waals surface area contributed by atoms with Gasteiger partial charge in [0.05, 0.1) is 35.4 Å². The van der Waals surface area contributed by atoms with Crippen LogP contribution >= 0.6 is 11.8 Å². The fourth-order valence-corrected chi connectivity index (χ4v) is 4.45. The Balaban J connectivity index is 1.48. The lowest BCUT2D eigenvalue weighted by molar-refractivity contribution is -0.122. The SMILES string of the molecule is CCOCCN1C(=O)/C(=C/c2ccc(OCc3ccccc3C#N)cc2)SC1=Nc1ccccc1. The fraction of sp³-hybridized carbons (Fsp3) is 0.179. The highest BCUT2D eigenvalue weighted by Gasteiger charge is 2.33. The van der Waals surface area contributed by atoms with Crippen molar-refractivity contribution in [3.8, 4) is 11.8 Å². The van der Waals surface area contributed by atoms with E-state index in [9.17, 15) is 10.1 Å². The van der Waals surface area contributed by atoms with Crippen molar-refractivity contribution >= 4 is 34.6 Å². The molecule has 0 atom stereocenters. The quantitative estimate of drug-likeness (QED) is 0.285. The van der Waals surface area contributed by atoms with Crippen LogP contribution in [0.5, 0.6) is 5.75 Å². The predicted octanol–water partition coefficient (Wildman–Crippen LogP) is 5.78. The van der Waals surface area contributed by atoms with Crippen molar-refractivity contribution in [2.24, 2.45) is 4.99 Å². The van der Waals surface area contributed by atoms with Crippen molar-refractivity contribution in [1.29, 1.82) is 5.26 Å². The van der Waals surface area contributed by atoms with Gasteiger partial charge in [0.15, 0.2) is 5.17 Å². The number of hydrogen-bond donors (Lipinski definition) is 0. The van der Waals surface area contributed by atoms with Gasteiger partial charge in [0, 0.05) is 12.2 Å². The van der Waals surface area contributed by atoms with Crippen molar-refractivity contribution in [3.63, 3.8) is 0 Å². The molecule has 0 bridgehead atoms. The Morgan fingerprint density at radius 2 is 1.77 bits per heavy atom. The summed E-state index contributed by atoms with van der Waals surface area (Å²) in [6.45, 7) is 3.73. The average molecular weight is 484 g/mol. The van der Waals surface area contributed by atoms with Crippen LogP contribution in [-0.2, 0) is 16.1 Å². The first-order valence-corrected chi connectivity index (χ1v) is 12.1. The molecule has 6 nitrogen and oxygen atoms in total. The highest BCUT2D eigenvalue weighted by Crippen LogP contribution is 2.34. The Bertz CT molecular complexity index is 1260. The predicted molar refractivity (Wildman–Crippen MR) is 139 cm³/mol. The van der Waals surface area contributed by atoms with Crippen molar-refractivity contribution in [3.05, 3.63) is 100 Å². The maximum absolute atomic E-state index is 13.1. The van der Waals surface area contributed by atoms with Crippen LogP contribution in [0.15, 0.2) is 88.8 Å². The summed E-state index contributed by atoms with van der Waals surface area (Å²) in [5.74, 6) is 0.604. The molecule has 0 radical (unpaired) electrons. The van der Waals surface area contributed by atoms with Gasteiger partial charge in [-0.3, -0.25) is 9.69 Å². The molecule has 1 fully saturated rings. The number of aliphatic imine (C=N–C) groups is 1. The smallest absolute Gasteiger partial charge is 0.266 e. The van der Waals surface area contributed by atoms with Gasteiger partial charge < -0.3 is 9.47 Å². The molecule has 1 aliphatic rings. The molecular formula is C28H25N3O3S. The van der Waals surface area contributed by atoms with Crippen molar-refractivity contribution in [2.75, 3.05) is 19.8 Å². The molecule has 0 N–H and O–H groups in total. The van der Waals surface area contributed by atoms with Gasteiger partial charge in [-0.2, -0.15) is 5.26 Å². The number of carbonyl (C=O) groups excluding carboxylic acids is 1. The van der Waals surface area contributed by atoms with Gasteiger partial charge in [0.1, 0.15) is 12.4 Å². The summed E-state index contributed by atoms with van der Waals surface area (Å²) >= 11 is 1.36. The molecule has 0 aliphatic carbocycles. The number of amidine groups is 1. The largest absolute Gasteiger partial charge is 0.489 e. The number of amides is 1. The minimum atomic E-state index is -0.0854. The summed E-state index contributed by atoms with van der Waals surface area (Å²) in [6, 6.07) is 26.7. The van der Waals surface area contributed by atoms with Crippen LogP contribution in [0, 0.1) is 11.3 Å². The first-order valence-electron chi connectivity index (χ1n) is 11.3. The molecule has 1 heterocycles. The van der Waals surface area contributed by atoms with E-state index in [0.29, 0.717) is 47.8 Å². The first kappa shape index (κ1) is 24.3. The standard InChI is InChI=1S/C28H25N3O3S/c1-2-33-17-16-31-27(32)26(35-28(31)30-24-10-4-3-5-11-24)18-21-12-14-25(15-13-21)34-20-23-9-7-6-8-22(23)19-29/h3-15,18H,2,16-17,20H2,1H3/b26-18-,30-28?. The number of nitrogens with zero attached hydrogens (tertiary/aromatic N) is 3. The number of nitriles is 1. The van der Waals surface area contributed by atoms with Crippen molar-refractivity contribution in [1.82, 2.24) is 4.90 Å². The number of para-hydroxylation sites is 1. The maximum atomic E-state index is 13.1. The van der Waals surface area contributed by atoms with E-state index in [1.165, 1.54) is 11.8 Å². The maximum Gasteiger partial charge on any atom is 0.266 e. The zero-order valence-corrected chi connectivity index (χ0v) is 20.2. The van der Waals surface area contributed by atoms with E-state index in [2.05, 4.69) is 11.1 Å². The van der Waals surface area contributed by atoms with Gasteiger partial charge in [-0.05, 0) is 60.7 Å². The van der Waals surface area contributed by atoms with Crippen LogP contribution in [0.3, 0.4) is 0 Å². The normalized spacial score (nSPS) is 15.5. The Morgan fingerprint density at radius 1 is 1.03 bits per heavy atom. The summed E-state index contributed by atoms with van der Waals surface area (Å²) < 4.78 is 11.3. The number of carbonyl (C=O) groups is 1. The lowest BCUT2D eigenvalue weighted by Gasteiger charge is -2.15. The van der Waals surface area contributed by atoms with E-state index < -0.39 is 0 Å². The number of benzene rings is 3. The summed E-state index contributed by atoms with van der Waals surface area (Å²) in [5, 5.41) is 9.87. The molecule has 0 aromatic heterocycles. The fourth-order valence-electron chi connectivity index (χ4n) is 3.43. The average Bonchev–Trinajstić information content (AvgIpc) is 3.18. The highest BCUT2D eigenvalue weighted by molar-refractivity contribution is 8.18. The second-order valence-corrected chi connectivity index (χ2v) is 8.63. The molecule has 35 heavy (non-hydrogen) atoms. The molecule has 0 saturated carbocycles. The van der Waals surface area contributed by atoms with Crippen LogP contribution < -0.4 is 4.74 Å². The minimum Gasteiger partial charge on any atom is -0.489 e. The van der Waals surface area contributed by atoms with Gasteiger partial charge >= 0.3 is 0 Å². The van der Waals surface area contributed by atoms with Gasteiger partial charge in [0.2, 0.25) is 0 Å². The third-order valence-corrected chi connectivity index (χ3v) is 6.25. The van der Waals surface area contributed by atoms with Crippen LogP contribution in [0.1, 0.15) is 23.6 Å². The van der Waals surface area contributed by atoms with Gasteiger partial charge in [-0.15, -0.1) is 0 Å². The summed E-state index contributed by atoms with van der Waals surface area (Å²) in [4.78, 5) is 20.1. The van der Waals surface area contributed by atoms with E-state index >= 15 is 0 Å². The number of rotatable bonds is 9. The highest BCUT2D eigenvalue weighted by atomic mass is 32.2. The molecule has 1 aliphatic heterocycles. The Labute approximate surface area is 209 Å². The molecule has 7 heteroatoms. The Kier molecular flexibility index (Phi) is 8.34. The Morgan fingerprint density at radius 3 is 2.51 bits per heavy atom. The molecule has 4 rings (SSSR count). The van der Waals surface area contributed by atoms with Crippen molar-refractivity contribution < 1.29 is 14.3 Å². The zero-order valence-electron chi connectivity index (χ0n) is 19.4. The summed E-state index contributed by atoms with van der Waals surface area (Å²) in [5.41, 5.74) is 3.13. The van der Waals surface area contributed by atoms with E-state index in [4.69, 9.17) is 9.47 Å². The molecule has 176 valence electrons. The van der Waals surface area contributed by atoms with Gasteiger partial charge in [0.25, 0.3) is 5.91 Å². The third-order valence-electron chi connectivity index (χ3n) is 5.24. The van der Waals surface area contributed by atoms with Crippen LogP contribution in [0.4, 0.5) is 5.69 Å². The van der Waals surface area contributed by atoms with Crippen molar-refractivity contribution in [2.45, 2.75) is 13.5 Å². The molecule has 1 amide bonds. The van der Waals surface area contributed by atoms with E-state index in [0.717, 1.165) is 16.8 Å². The molecular weight excluding hydrogens is 458 g/mol. The second-order valence-electron chi connectivity index (χ2n) is 7.62. The number of thioether (sulfide) groups is 1.